The van der Waals surface area contributed by atoms with E-state index in [1.54, 1.807) is 45.9 Å². The lowest BCUT2D eigenvalue weighted by atomic mass is 10.1. The summed E-state index contributed by atoms with van der Waals surface area (Å²) in [5.41, 5.74) is 2.07. The third kappa shape index (κ3) is 3.15. The van der Waals surface area contributed by atoms with Crippen LogP contribution in [0.4, 0.5) is 13.2 Å². The van der Waals surface area contributed by atoms with Crippen molar-refractivity contribution in [3.8, 4) is 11.3 Å². The number of aliphatic imine (C=N–C) groups is 1. The highest BCUT2D eigenvalue weighted by Crippen LogP contribution is 2.31. The van der Waals surface area contributed by atoms with Crippen LogP contribution in [0.15, 0.2) is 60.0 Å². The van der Waals surface area contributed by atoms with Crippen molar-refractivity contribution in [1.29, 1.82) is 0 Å². The molecular weight excluding hydrogens is 397 g/mol. The standard InChI is InChI=1S/C20H13F3N6O/c21-20(22,23)18-10-12(1-5-24-18)16-11-17-15(4-8-29(17)27-16)26-19(30)13-3-7-28-14(9-13)2-6-25-28/h1-3,5-7,9-11H,4,8H2. The highest BCUT2D eigenvalue weighted by atomic mass is 19.4. The van der Waals surface area contributed by atoms with Crippen molar-refractivity contribution in [3.05, 3.63) is 71.9 Å². The molecule has 0 unspecified atom stereocenters. The fourth-order valence-electron chi connectivity index (χ4n) is 3.40. The van der Waals surface area contributed by atoms with Crippen LogP contribution < -0.4 is 0 Å². The second kappa shape index (κ2) is 6.61. The number of amides is 1. The summed E-state index contributed by atoms with van der Waals surface area (Å²) < 4.78 is 42.1. The predicted octanol–water partition coefficient (Wildman–Crippen LogP) is 3.64. The minimum Gasteiger partial charge on any atom is -0.267 e. The molecule has 0 saturated heterocycles. The number of hydrogen-bond acceptors (Lipinski definition) is 4. The van der Waals surface area contributed by atoms with Gasteiger partial charge in [0.25, 0.3) is 5.91 Å². The Morgan fingerprint density at radius 2 is 1.97 bits per heavy atom. The molecule has 5 rings (SSSR count). The van der Waals surface area contributed by atoms with E-state index < -0.39 is 17.8 Å². The molecule has 1 aliphatic heterocycles. The van der Waals surface area contributed by atoms with Crippen LogP contribution in [0.25, 0.3) is 16.8 Å². The van der Waals surface area contributed by atoms with Gasteiger partial charge in [-0.15, -0.1) is 0 Å². The van der Waals surface area contributed by atoms with Crippen LogP contribution in [-0.4, -0.2) is 36.0 Å². The molecule has 0 atom stereocenters. The normalized spacial score (nSPS) is 15.1. The van der Waals surface area contributed by atoms with E-state index in [4.69, 9.17) is 0 Å². The molecule has 0 radical (unpaired) electrons. The number of carbonyl (C=O) groups is 1. The van der Waals surface area contributed by atoms with E-state index >= 15 is 0 Å². The second-order valence-corrected chi connectivity index (χ2v) is 6.80. The number of aryl methyl sites for hydroxylation is 1. The van der Waals surface area contributed by atoms with E-state index in [2.05, 4.69) is 20.2 Å². The number of alkyl halides is 3. The zero-order valence-electron chi connectivity index (χ0n) is 15.3. The number of rotatable bonds is 2. The van der Waals surface area contributed by atoms with E-state index in [1.165, 1.54) is 6.07 Å². The number of hydrogen-bond donors (Lipinski definition) is 0. The van der Waals surface area contributed by atoms with Crippen LogP contribution in [0.5, 0.6) is 0 Å². The van der Waals surface area contributed by atoms with Crippen LogP contribution in [0.1, 0.15) is 28.2 Å². The van der Waals surface area contributed by atoms with Crippen molar-refractivity contribution in [2.75, 3.05) is 0 Å². The minimum absolute atomic E-state index is 0.302. The van der Waals surface area contributed by atoms with Gasteiger partial charge in [0.1, 0.15) is 5.69 Å². The summed E-state index contributed by atoms with van der Waals surface area (Å²) in [4.78, 5) is 20.2. The topological polar surface area (TPSA) is 77.4 Å². The van der Waals surface area contributed by atoms with Crippen molar-refractivity contribution >= 4 is 17.1 Å². The molecule has 4 aromatic rings. The summed E-state index contributed by atoms with van der Waals surface area (Å²) in [5, 5.41) is 8.45. The van der Waals surface area contributed by atoms with Gasteiger partial charge in [0.15, 0.2) is 0 Å². The Hall–Kier alpha value is -3.82. The van der Waals surface area contributed by atoms with Gasteiger partial charge >= 0.3 is 6.18 Å². The van der Waals surface area contributed by atoms with Crippen molar-refractivity contribution in [2.45, 2.75) is 19.1 Å². The summed E-state index contributed by atoms with van der Waals surface area (Å²) in [6.45, 7) is 0.500. The number of fused-ring (bicyclic) bond motifs is 2. The second-order valence-electron chi connectivity index (χ2n) is 6.80. The van der Waals surface area contributed by atoms with Gasteiger partial charge in [0, 0.05) is 42.7 Å². The molecule has 0 fully saturated rings. The Morgan fingerprint density at radius 1 is 1.10 bits per heavy atom. The van der Waals surface area contributed by atoms with E-state index in [1.807, 2.05) is 0 Å². The van der Waals surface area contributed by atoms with Gasteiger partial charge in [0.2, 0.25) is 0 Å². The maximum absolute atomic E-state index is 12.9. The van der Waals surface area contributed by atoms with Crippen LogP contribution in [0, 0.1) is 0 Å². The smallest absolute Gasteiger partial charge is 0.267 e. The summed E-state index contributed by atoms with van der Waals surface area (Å²) >= 11 is 0. The Morgan fingerprint density at radius 3 is 2.80 bits per heavy atom. The first kappa shape index (κ1) is 18.2. The molecule has 4 aromatic heterocycles. The molecule has 0 aliphatic carbocycles. The van der Waals surface area contributed by atoms with Gasteiger partial charge in [-0.25, -0.2) is 9.51 Å². The van der Waals surface area contributed by atoms with Crippen molar-refractivity contribution in [1.82, 2.24) is 24.4 Å². The molecule has 0 saturated carbocycles. The van der Waals surface area contributed by atoms with E-state index in [0.717, 1.165) is 17.8 Å². The fourth-order valence-corrected chi connectivity index (χ4v) is 3.40. The monoisotopic (exact) mass is 410 g/mol. The molecule has 0 bridgehead atoms. The largest absolute Gasteiger partial charge is 0.433 e. The maximum atomic E-state index is 12.9. The number of carbonyl (C=O) groups excluding carboxylic acids is 1. The Labute approximate surface area is 167 Å². The molecular formula is C20H13F3N6O. The molecule has 1 amide bonds. The Bertz CT molecular complexity index is 1320. The van der Waals surface area contributed by atoms with Crippen molar-refractivity contribution in [3.63, 3.8) is 0 Å². The zero-order valence-corrected chi connectivity index (χ0v) is 15.3. The lowest BCUT2D eigenvalue weighted by molar-refractivity contribution is -0.141. The number of nitrogens with zero attached hydrogens (tertiary/aromatic N) is 6. The van der Waals surface area contributed by atoms with Crippen LogP contribution >= 0.6 is 0 Å². The SMILES string of the molecule is O=C(N=C1CCn2nc(-c3ccnc(C(F)(F)F)c3)cc21)c1ccn2nccc2c1. The minimum atomic E-state index is -4.53. The van der Waals surface area contributed by atoms with Gasteiger partial charge in [-0.2, -0.15) is 23.4 Å². The zero-order chi connectivity index (χ0) is 20.9. The summed E-state index contributed by atoms with van der Waals surface area (Å²) in [6.07, 6.45) is 0.409. The molecule has 0 spiro atoms. The van der Waals surface area contributed by atoms with Gasteiger partial charge in [0.05, 0.1) is 22.6 Å². The van der Waals surface area contributed by atoms with Crippen molar-refractivity contribution in [2.24, 2.45) is 4.99 Å². The van der Waals surface area contributed by atoms with E-state index in [9.17, 15) is 18.0 Å². The summed E-state index contributed by atoms with van der Waals surface area (Å²) in [6, 6.07) is 9.20. The molecule has 1 aliphatic rings. The summed E-state index contributed by atoms with van der Waals surface area (Å²) in [5.74, 6) is -0.395. The first-order chi connectivity index (χ1) is 14.4. The number of aromatic nitrogens is 5. The third-order valence-electron chi connectivity index (χ3n) is 4.87. The molecule has 0 N–H and O–H groups in total. The van der Waals surface area contributed by atoms with E-state index in [-0.39, 0.29) is 0 Å². The highest BCUT2D eigenvalue weighted by Gasteiger charge is 2.33. The average molecular weight is 410 g/mol. The third-order valence-corrected chi connectivity index (χ3v) is 4.87. The molecule has 5 heterocycles. The number of halogens is 3. The lowest BCUT2D eigenvalue weighted by Gasteiger charge is -2.06. The van der Waals surface area contributed by atoms with Crippen LogP contribution in [0.2, 0.25) is 0 Å². The maximum Gasteiger partial charge on any atom is 0.433 e. The van der Waals surface area contributed by atoms with Gasteiger partial charge in [-0.05, 0) is 36.4 Å². The fraction of sp³-hybridized carbons (Fsp3) is 0.150. The lowest BCUT2D eigenvalue weighted by Crippen LogP contribution is -2.07. The molecule has 10 heteroatoms. The molecule has 150 valence electrons. The molecule has 7 nitrogen and oxygen atoms in total. The molecule has 0 aromatic carbocycles. The average Bonchev–Trinajstić information content (AvgIpc) is 3.43. The molecule has 30 heavy (non-hydrogen) atoms. The Kier molecular flexibility index (Phi) is 4.02. The first-order valence-corrected chi connectivity index (χ1v) is 9.06. The number of pyridine rings is 2. The first-order valence-electron chi connectivity index (χ1n) is 9.06. The predicted molar refractivity (Wildman–Crippen MR) is 101 cm³/mol. The van der Waals surface area contributed by atoms with Gasteiger partial charge in [-0.3, -0.25) is 14.5 Å². The summed E-state index contributed by atoms with van der Waals surface area (Å²) in [7, 11) is 0. The van der Waals surface area contributed by atoms with Gasteiger partial charge < -0.3 is 0 Å². The van der Waals surface area contributed by atoms with Crippen LogP contribution in [-0.2, 0) is 12.7 Å². The highest BCUT2D eigenvalue weighted by molar-refractivity contribution is 6.11. The van der Waals surface area contributed by atoms with Crippen molar-refractivity contribution < 1.29 is 18.0 Å². The quantitative estimate of drug-likeness (QED) is 0.506. The van der Waals surface area contributed by atoms with E-state index in [0.29, 0.717) is 41.2 Å². The van der Waals surface area contributed by atoms with Gasteiger partial charge in [-0.1, -0.05) is 0 Å². The van der Waals surface area contributed by atoms with Crippen LogP contribution in [0.3, 0.4) is 0 Å². The Balaban J connectivity index is 1.46.